The minimum Gasteiger partial charge on any atom is -0.487 e. The predicted molar refractivity (Wildman–Crippen MR) is 182 cm³/mol. The van der Waals surface area contributed by atoms with Gasteiger partial charge in [0.05, 0.1) is 36.4 Å². The third-order valence-electron chi connectivity index (χ3n) is 10.6. The smallest absolute Gasteiger partial charge is 0.272 e. The van der Waals surface area contributed by atoms with Crippen molar-refractivity contribution in [2.24, 2.45) is 23.7 Å². The number of amides is 1. The molecule has 1 N–H and O–H groups in total. The number of halogens is 3. The van der Waals surface area contributed by atoms with Crippen LogP contribution in [0.3, 0.4) is 0 Å². The van der Waals surface area contributed by atoms with Crippen LogP contribution in [-0.4, -0.2) is 70.6 Å². The largest absolute Gasteiger partial charge is 0.487 e. The standard InChI is InChI=1S/C36H46ClF2N3O5S/c1-24-6-5-8-33(46-17-16-41-22-36(38,39)23-41)31-13-10-27(31)20-42-15-4-3-7-26-18-29(37)11-9-28(26)21-47-34-14-12-30(19-32(34)42)48(44,45)40-35(43)25(24)2/h5,8-9,11-12,14,18-19,24-25,27,31,33H,3-4,6-7,10,13,15-17,20-23H2,1-2H3,(H,40,43)/b8-5+/t24-,25+,27-,31+,33-/m0/s1. The van der Waals surface area contributed by atoms with Crippen LogP contribution in [0.1, 0.15) is 57.1 Å². The number of fused-ring (bicyclic) bond motifs is 3. The first kappa shape index (κ1) is 35.1. The molecule has 1 aliphatic carbocycles. The number of rotatable bonds is 4. The Labute approximate surface area is 287 Å². The molecule has 0 unspecified atom stereocenters. The van der Waals surface area contributed by atoms with Gasteiger partial charge in [0.1, 0.15) is 12.4 Å². The number of carbonyl (C=O) groups is 1. The molecule has 3 heterocycles. The Bertz CT molecular complexity index is 1610. The molecule has 2 aromatic carbocycles. The summed E-state index contributed by atoms with van der Waals surface area (Å²) in [4.78, 5) is 17.2. The second-order valence-corrected chi connectivity index (χ2v) is 16.2. The van der Waals surface area contributed by atoms with Crippen LogP contribution in [0.5, 0.6) is 5.75 Å². The lowest BCUT2D eigenvalue weighted by Gasteiger charge is -2.44. The van der Waals surface area contributed by atoms with E-state index >= 15 is 0 Å². The first-order valence-electron chi connectivity index (χ1n) is 17.1. The van der Waals surface area contributed by atoms with Gasteiger partial charge in [-0.05, 0) is 97.7 Å². The number of ether oxygens (including phenoxy) is 2. The van der Waals surface area contributed by atoms with E-state index in [1.165, 1.54) is 6.07 Å². The molecule has 8 nitrogen and oxygen atoms in total. The molecule has 1 amide bonds. The first-order valence-corrected chi connectivity index (χ1v) is 19.0. The highest BCUT2D eigenvalue weighted by atomic mass is 35.5. The van der Waals surface area contributed by atoms with E-state index in [1.807, 2.05) is 31.2 Å². The van der Waals surface area contributed by atoms with Crippen molar-refractivity contribution in [1.82, 2.24) is 9.62 Å². The van der Waals surface area contributed by atoms with E-state index in [2.05, 4.69) is 15.7 Å². The monoisotopic (exact) mass is 705 g/mol. The minimum absolute atomic E-state index is 0.0139. The van der Waals surface area contributed by atoms with Gasteiger partial charge in [-0.2, -0.15) is 0 Å². The van der Waals surface area contributed by atoms with E-state index in [0.717, 1.165) is 43.2 Å². The van der Waals surface area contributed by atoms with Crippen molar-refractivity contribution in [3.05, 3.63) is 64.7 Å². The first-order chi connectivity index (χ1) is 22.9. The number of likely N-dealkylation sites (tertiary alicyclic amines) is 1. The van der Waals surface area contributed by atoms with Crippen LogP contribution in [0.25, 0.3) is 0 Å². The van der Waals surface area contributed by atoms with Gasteiger partial charge < -0.3 is 14.4 Å². The summed E-state index contributed by atoms with van der Waals surface area (Å²) in [5, 5.41) is 0.680. The summed E-state index contributed by atoms with van der Waals surface area (Å²) >= 11 is 6.33. The van der Waals surface area contributed by atoms with Crippen LogP contribution in [0.2, 0.25) is 5.02 Å². The molecule has 3 aliphatic heterocycles. The van der Waals surface area contributed by atoms with E-state index in [9.17, 15) is 22.0 Å². The number of allylic oxidation sites excluding steroid dienone is 1. The van der Waals surface area contributed by atoms with Gasteiger partial charge in [0.15, 0.2) is 0 Å². The van der Waals surface area contributed by atoms with E-state index < -0.39 is 27.8 Å². The number of nitrogens with one attached hydrogen (secondary N) is 1. The maximum absolute atomic E-state index is 13.6. The van der Waals surface area contributed by atoms with Crippen LogP contribution in [-0.2, 0) is 32.6 Å². The van der Waals surface area contributed by atoms with Gasteiger partial charge in [-0.15, -0.1) is 0 Å². The highest BCUT2D eigenvalue weighted by Crippen LogP contribution is 2.42. The van der Waals surface area contributed by atoms with Crippen molar-refractivity contribution < 1.29 is 31.5 Å². The second kappa shape index (κ2) is 14.6. The maximum atomic E-state index is 13.6. The lowest BCUT2D eigenvalue weighted by atomic mass is 9.70. The topological polar surface area (TPSA) is 88.2 Å². The Morgan fingerprint density at radius 2 is 1.90 bits per heavy atom. The van der Waals surface area contributed by atoms with Gasteiger partial charge in [-0.1, -0.05) is 43.7 Å². The lowest BCUT2D eigenvalue weighted by molar-refractivity contribution is -0.138. The average molecular weight is 706 g/mol. The summed E-state index contributed by atoms with van der Waals surface area (Å²) < 4.78 is 69.1. The fraction of sp³-hybridized carbons (Fsp3) is 0.583. The van der Waals surface area contributed by atoms with E-state index in [-0.39, 0.29) is 41.8 Å². The molecule has 262 valence electrons. The number of hydrogen-bond donors (Lipinski definition) is 1. The number of carbonyl (C=O) groups excluding carboxylic acids is 1. The van der Waals surface area contributed by atoms with Crippen molar-refractivity contribution in [3.63, 3.8) is 0 Å². The Kier molecular flexibility index (Phi) is 10.7. The molecule has 2 aromatic rings. The van der Waals surface area contributed by atoms with Crippen molar-refractivity contribution in [2.45, 2.75) is 75.9 Å². The molecule has 0 radical (unpaired) electrons. The Balaban J connectivity index is 1.31. The zero-order valence-corrected chi connectivity index (χ0v) is 29.2. The van der Waals surface area contributed by atoms with E-state index in [1.54, 1.807) is 24.0 Å². The maximum Gasteiger partial charge on any atom is 0.272 e. The number of hydrogen-bond acceptors (Lipinski definition) is 7. The Morgan fingerprint density at radius 3 is 2.65 bits per heavy atom. The fourth-order valence-electron chi connectivity index (χ4n) is 7.20. The second-order valence-electron chi connectivity index (χ2n) is 14.0. The quantitative estimate of drug-likeness (QED) is 0.366. The SMILES string of the molecule is C[C@H]1C/C=C/[C@H](OCCN2CC(F)(F)C2)[C@@H]2CC[C@H]2CN2CCCCc3cc(Cl)ccc3COc3ccc(cc32)S(=O)(=O)NC(=O)[C@@H]1C. The number of sulfonamides is 1. The van der Waals surface area contributed by atoms with Gasteiger partial charge in [0.2, 0.25) is 5.91 Å². The van der Waals surface area contributed by atoms with Crippen LogP contribution in [0.15, 0.2) is 53.4 Å². The molecule has 0 spiro atoms. The zero-order chi connectivity index (χ0) is 34.1. The van der Waals surface area contributed by atoms with Gasteiger partial charge in [0.25, 0.3) is 15.9 Å². The predicted octanol–water partition coefficient (Wildman–Crippen LogP) is 6.46. The molecule has 1 saturated carbocycles. The Hall–Kier alpha value is -2.73. The van der Waals surface area contributed by atoms with Crippen molar-refractivity contribution in [3.8, 4) is 5.75 Å². The molecule has 48 heavy (non-hydrogen) atoms. The molecule has 2 bridgehead atoms. The molecular formula is C36H46ClF2N3O5S. The molecule has 6 rings (SSSR count). The molecule has 2 fully saturated rings. The number of alkyl halides is 2. The molecular weight excluding hydrogens is 660 g/mol. The van der Waals surface area contributed by atoms with E-state index in [4.69, 9.17) is 21.1 Å². The van der Waals surface area contributed by atoms with Gasteiger partial charge in [-0.3, -0.25) is 9.69 Å². The van der Waals surface area contributed by atoms with Crippen LogP contribution in [0.4, 0.5) is 14.5 Å². The molecule has 1 saturated heterocycles. The molecule has 4 aliphatic rings. The van der Waals surface area contributed by atoms with Gasteiger partial charge in [0, 0.05) is 30.6 Å². The summed E-state index contributed by atoms with van der Waals surface area (Å²) in [6.07, 6.45) is 9.07. The van der Waals surface area contributed by atoms with Crippen molar-refractivity contribution in [2.75, 3.05) is 44.2 Å². The number of aryl methyl sites for hydroxylation is 1. The molecule has 0 aromatic heterocycles. The third kappa shape index (κ3) is 8.17. The normalized spacial score (nSPS) is 29.8. The van der Waals surface area contributed by atoms with Crippen LogP contribution < -0.4 is 14.4 Å². The average Bonchev–Trinajstić information content (AvgIpc) is 3.04. The van der Waals surface area contributed by atoms with Gasteiger partial charge in [-0.25, -0.2) is 21.9 Å². The fourth-order valence-corrected chi connectivity index (χ4v) is 8.48. The number of nitrogens with zero attached hydrogens (tertiary/aromatic N) is 2. The number of anilines is 1. The lowest BCUT2D eigenvalue weighted by Crippen LogP contribution is -2.57. The van der Waals surface area contributed by atoms with Crippen molar-refractivity contribution in [1.29, 1.82) is 0 Å². The zero-order valence-electron chi connectivity index (χ0n) is 27.7. The highest BCUT2D eigenvalue weighted by molar-refractivity contribution is 7.90. The Morgan fingerprint density at radius 1 is 1.08 bits per heavy atom. The minimum atomic E-state index is -4.14. The summed E-state index contributed by atoms with van der Waals surface area (Å²) in [5.41, 5.74) is 2.85. The summed E-state index contributed by atoms with van der Waals surface area (Å²) in [6, 6.07) is 10.6. The third-order valence-corrected chi connectivity index (χ3v) is 12.2. The molecule has 5 atom stereocenters. The van der Waals surface area contributed by atoms with Crippen molar-refractivity contribution >= 4 is 33.2 Å². The molecule has 12 heteroatoms. The summed E-state index contributed by atoms with van der Waals surface area (Å²) in [5.74, 6) is -2.80. The highest BCUT2D eigenvalue weighted by Gasteiger charge is 2.44. The van der Waals surface area contributed by atoms with E-state index in [0.29, 0.717) is 55.7 Å². The number of benzene rings is 2. The van der Waals surface area contributed by atoms with Crippen LogP contribution >= 0.6 is 11.6 Å². The summed E-state index contributed by atoms with van der Waals surface area (Å²) in [6.45, 7) is 5.68. The van der Waals surface area contributed by atoms with Crippen LogP contribution in [0, 0.1) is 23.7 Å². The summed E-state index contributed by atoms with van der Waals surface area (Å²) in [7, 11) is -4.14. The van der Waals surface area contributed by atoms with Gasteiger partial charge >= 0.3 is 0 Å².